The van der Waals surface area contributed by atoms with E-state index in [1.807, 2.05) is 59.5 Å². The van der Waals surface area contributed by atoms with Crippen LogP contribution in [0, 0.1) is 0 Å². The summed E-state index contributed by atoms with van der Waals surface area (Å²) in [7, 11) is 0. The van der Waals surface area contributed by atoms with Gasteiger partial charge in [-0.1, -0.05) is 30.3 Å². The fourth-order valence-corrected chi connectivity index (χ4v) is 3.75. The molecule has 0 saturated carbocycles. The number of pyridine rings is 1. The molecular weight excluding hydrogens is 364 g/mol. The van der Waals surface area contributed by atoms with E-state index in [1.165, 1.54) is 0 Å². The second-order valence-corrected chi connectivity index (χ2v) is 7.18. The third-order valence-electron chi connectivity index (χ3n) is 5.29. The Morgan fingerprint density at radius 3 is 2.59 bits per heavy atom. The zero-order valence-electron chi connectivity index (χ0n) is 15.9. The minimum Gasteiger partial charge on any atom is -0.488 e. The van der Waals surface area contributed by atoms with Crippen molar-refractivity contribution in [3.8, 4) is 5.75 Å². The molecule has 0 unspecified atom stereocenters. The number of benzene rings is 2. The van der Waals surface area contributed by atoms with E-state index >= 15 is 0 Å². The topological polar surface area (TPSA) is 68.2 Å². The zero-order chi connectivity index (χ0) is 19.6. The summed E-state index contributed by atoms with van der Waals surface area (Å²) in [6.45, 7) is 1.27. The maximum absolute atomic E-state index is 12.9. The van der Waals surface area contributed by atoms with Gasteiger partial charge < -0.3 is 9.64 Å². The van der Waals surface area contributed by atoms with Crippen molar-refractivity contribution in [2.24, 2.45) is 0 Å². The van der Waals surface area contributed by atoms with Crippen molar-refractivity contribution in [2.75, 3.05) is 13.1 Å². The largest absolute Gasteiger partial charge is 0.488 e. The lowest BCUT2D eigenvalue weighted by molar-refractivity contribution is 0.0592. The zero-order valence-corrected chi connectivity index (χ0v) is 15.9. The van der Waals surface area contributed by atoms with E-state index in [9.17, 15) is 4.79 Å². The first kappa shape index (κ1) is 17.6. The summed E-state index contributed by atoms with van der Waals surface area (Å²) in [5.41, 5.74) is 2.79. The molecule has 0 radical (unpaired) electrons. The normalized spacial score (nSPS) is 15.0. The number of rotatable bonds is 3. The molecule has 0 bridgehead atoms. The smallest absolute Gasteiger partial charge is 0.274 e. The molecule has 29 heavy (non-hydrogen) atoms. The van der Waals surface area contributed by atoms with Gasteiger partial charge in [0.1, 0.15) is 23.1 Å². The highest BCUT2D eigenvalue weighted by Gasteiger charge is 2.26. The first-order valence-electron chi connectivity index (χ1n) is 9.79. The summed E-state index contributed by atoms with van der Waals surface area (Å²) >= 11 is 0. The number of para-hydroxylation sites is 3. The first-order chi connectivity index (χ1) is 14.3. The van der Waals surface area contributed by atoms with Gasteiger partial charge in [-0.05, 0) is 24.3 Å². The van der Waals surface area contributed by atoms with Crippen LogP contribution >= 0.6 is 0 Å². The lowest BCUT2D eigenvalue weighted by Gasteiger charge is -2.32. The first-order valence-corrected chi connectivity index (χ1v) is 9.79. The molecule has 3 heterocycles. The molecule has 1 aliphatic heterocycles. The average molecular weight is 384 g/mol. The monoisotopic (exact) mass is 384 g/mol. The van der Waals surface area contributed by atoms with Gasteiger partial charge in [-0.3, -0.25) is 14.8 Å². The third-order valence-corrected chi connectivity index (χ3v) is 5.29. The van der Waals surface area contributed by atoms with Crippen LogP contribution in [0.3, 0.4) is 0 Å². The molecule has 144 valence electrons. The highest BCUT2D eigenvalue weighted by molar-refractivity contribution is 5.93. The van der Waals surface area contributed by atoms with Crippen LogP contribution in [0.1, 0.15) is 23.3 Å². The Hall–Kier alpha value is -3.54. The number of hydrogen-bond donors (Lipinski definition) is 0. The number of aromatic nitrogens is 3. The fraction of sp³-hybridized carbons (Fsp3) is 0.217. The summed E-state index contributed by atoms with van der Waals surface area (Å²) in [6.07, 6.45) is 4.96. The van der Waals surface area contributed by atoms with Gasteiger partial charge in [-0.2, -0.15) is 0 Å². The number of carbonyl (C=O) groups excluding carboxylic acids is 1. The predicted molar refractivity (Wildman–Crippen MR) is 111 cm³/mol. The van der Waals surface area contributed by atoms with Gasteiger partial charge in [0.05, 0.1) is 17.2 Å². The molecule has 6 nitrogen and oxygen atoms in total. The number of likely N-dealkylation sites (tertiary alicyclic amines) is 1. The van der Waals surface area contributed by atoms with Crippen LogP contribution in [-0.4, -0.2) is 45.0 Å². The Morgan fingerprint density at radius 1 is 0.931 bits per heavy atom. The van der Waals surface area contributed by atoms with Crippen molar-refractivity contribution >= 4 is 27.8 Å². The maximum Gasteiger partial charge on any atom is 0.274 e. The van der Waals surface area contributed by atoms with E-state index < -0.39 is 0 Å². The Balaban J connectivity index is 1.26. The molecule has 0 N–H and O–H groups in total. The molecule has 1 saturated heterocycles. The third kappa shape index (κ3) is 3.49. The molecule has 1 fully saturated rings. The van der Waals surface area contributed by atoms with E-state index in [4.69, 9.17) is 4.74 Å². The number of ether oxygens (including phenoxy) is 1. The molecule has 5 rings (SSSR count). The summed E-state index contributed by atoms with van der Waals surface area (Å²) in [5, 5.41) is 1.06. The number of amides is 1. The minimum atomic E-state index is -0.0754. The summed E-state index contributed by atoms with van der Waals surface area (Å²) < 4.78 is 6.23. The fourth-order valence-electron chi connectivity index (χ4n) is 3.75. The Kier molecular flexibility index (Phi) is 4.52. The number of carbonyl (C=O) groups is 1. The van der Waals surface area contributed by atoms with Crippen molar-refractivity contribution in [1.82, 2.24) is 19.9 Å². The van der Waals surface area contributed by atoms with Gasteiger partial charge in [0, 0.05) is 37.5 Å². The molecule has 6 heteroatoms. The second kappa shape index (κ2) is 7.47. The standard InChI is InChI=1S/C23H20N4O2/c28-23(20-15-25-18-7-1-2-8-19(18)26-20)27-13-10-17(11-14-27)29-21-9-3-5-16-6-4-12-24-22(16)21/h1-9,12,15,17H,10-11,13-14H2. The Labute approximate surface area is 168 Å². The van der Waals surface area contributed by atoms with Crippen molar-refractivity contribution in [3.05, 3.63) is 72.7 Å². The van der Waals surface area contributed by atoms with Crippen molar-refractivity contribution in [1.29, 1.82) is 0 Å². The van der Waals surface area contributed by atoms with Crippen LogP contribution < -0.4 is 4.74 Å². The highest BCUT2D eigenvalue weighted by atomic mass is 16.5. The molecule has 1 aliphatic rings. The quantitative estimate of drug-likeness (QED) is 0.536. The number of nitrogens with zero attached hydrogens (tertiary/aromatic N) is 4. The van der Waals surface area contributed by atoms with E-state index in [1.54, 1.807) is 12.4 Å². The van der Waals surface area contributed by atoms with E-state index in [2.05, 4.69) is 15.0 Å². The number of fused-ring (bicyclic) bond motifs is 2. The van der Waals surface area contributed by atoms with E-state index in [-0.39, 0.29) is 12.0 Å². The molecule has 0 aliphatic carbocycles. The lowest BCUT2D eigenvalue weighted by Crippen LogP contribution is -2.42. The second-order valence-electron chi connectivity index (χ2n) is 7.18. The maximum atomic E-state index is 12.9. The van der Waals surface area contributed by atoms with Crippen LogP contribution in [0.4, 0.5) is 0 Å². The van der Waals surface area contributed by atoms with Gasteiger partial charge in [-0.25, -0.2) is 4.98 Å². The average Bonchev–Trinajstić information content (AvgIpc) is 2.79. The van der Waals surface area contributed by atoms with Gasteiger partial charge in [0.2, 0.25) is 0 Å². The molecule has 0 spiro atoms. The number of piperidine rings is 1. The molecule has 4 aromatic rings. The van der Waals surface area contributed by atoms with Crippen molar-refractivity contribution < 1.29 is 9.53 Å². The van der Waals surface area contributed by atoms with E-state index in [0.717, 1.165) is 40.5 Å². The summed E-state index contributed by atoms with van der Waals surface area (Å²) in [5.74, 6) is 0.724. The molecule has 2 aromatic carbocycles. The lowest BCUT2D eigenvalue weighted by atomic mass is 10.1. The van der Waals surface area contributed by atoms with Crippen LogP contribution in [0.25, 0.3) is 21.9 Å². The van der Waals surface area contributed by atoms with Crippen LogP contribution in [-0.2, 0) is 0 Å². The van der Waals surface area contributed by atoms with Crippen LogP contribution in [0.15, 0.2) is 67.0 Å². The van der Waals surface area contributed by atoms with Crippen LogP contribution in [0.5, 0.6) is 5.75 Å². The SMILES string of the molecule is O=C(c1cnc2ccccc2n1)N1CCC(Oc2cccc3cccnc23)CC1. The van der Waals surface area contributed by atoms with Gasteiger partial charge in [-0.15, -0.1) is 0 Å². The van der Waals surface area contributed by atoms with Crippen LogP contribution in [0.2, 0.25) is 0 Å². The van der Waals surface area contributed by atoms with Crippen molar-refractivity contribution in [3.63, 3.8) is 0 Å². The predicted octanol–water partition coefficient (Wildman–Crippen LogP) is 3.86. The van der Waals surface area contributed by atoms with Gasteiger partial charge in [0.25, 0.3) is 5.91 Å². The highest BCUT2D eigenvalue weighted by Crippen LogP contribution is 2.26. The summed E-state index contributed by atoms with van der Waals surface area (Å²) in [6, 6.07) is 17.5. The van der Waals surface area contributed by atoms with Gasteiger partial charge >= 0.3 is 0 Å². The molecule has 1 amide bonds. The summed E-state index contributed by atoms with van der Waals surface area (Å²) in [4.78, 5) is 28.0. The van der Waals surface area contributed by atoms with Crippen molar-refractivity contribution in [2.45, 2.75) is 18.9 Å². The minimum absolute atomic E-state index is 0.0642. The number of hydrogen-bond acceptors (Lipinski definition) is 5. The van der Waals surface area contributed by atoms with Gasteiger partial charge in [0.15, 0.2) is 0 Å². The molecule has 0 atom stereocenters. The molecule has 2 aromatic heterocycles. The Bertz CT molecular complexity index is 1180. The Morgan fingerprint density at radius 2 is 1.72 bits per heavy atom. The molecular formula is C23H20N4O2. The van der Waals surface area contributed by atoms with E-state index in [0.29, 0.717) is 18.8 Å².